The number of nitriles is 2. The van der Waals surface area contributed by atoms with E-state index in [4.69, 9.17) is 15.3 Å². The first-order valence-electron chi connectivity index (χ1n) is 4.61. The second kappa shape index (κ2) is 6.66. The number of ether oxygens (including phenoxy) is 1. The molecule has 0 saturated heterocycles. The number of para-hydroxylation sites is 1. The highest BCUT2D eigenvalue weighted by Gasteiger charge is 2.01. The SMILES string of the molecule is N#CC(C#N)=Cc1ccccc1OCCBr. The van der Waals surface area contributed by atoms with Gasteiger partial charge in [-0.05, 0) is 12.1 Å². The van der Waals surface area contributed by atoms with Crippen LogP contribution in [0.25, 0.3) is 6.08 Å². The zero-order chi connectivity index (χ0) is 11.8. The molecule has 0 spiro atoms. The largest absolute Gasteiger partial charge is 0.492 e. The van der Waals surface area contributed by atoms with Gasteiger partial charge in [0.2, 0.25) is 0 Å². The summed E-state index contributed by atoms with van der Waals surface area (Å²) >= 11 is 3.26. The lowest BCUT2D eigenvalue weighted by atomic mass is 10.1. The average molecular weight is 277 g/mol. The number of hydrogen-bond acceptors (Lipinski definition) is 3. The molecule has 0 amide bonds. The Morgan fingerprint density at radius 3 is 2.62 bits per heavy atom. The molecule has 0 bridgehead atoms. The lowest BCUT2D eigenvalue weighted by molar-refractivity contribution is 0.344. The van der Waals surface area contributed by atoms with Gasteiger partial charge in [0, 0.05) is 10.9 Å². The molecule has 0 aliphatic heterocycles. The van der Waals surface area contributed by atoms with Crippen molar-refractivity contribution in [3.05, 3.63) is 35.4 Å². The van der Waals surface area contributed by atoms with Crippen LogP contribution in [-0.4, -0.2) is 11.9 Å². The molecule has 0 saturated carbocycles. The molecular weight excluding hydrogens is 268 g/mol. The van der Waals surface area contributed by atoms with Gasteiger partial charge in [-0.1, -0.05) is 34.1 Å². The van der Waals surface area contributed by atoms with Crippen LogP contribution in [0, 0.1) is 22.7 Å². The Bertz CT molecular complexity index is 453. The van der Waals surface area contributed by atoms with E-state index in [2.05, 4.69) is 15.9 Å². The van der Waals surface area contributed by atoms with E-state index in [1.54, 1.807) is 12.1 Å². The van der Waals surface area contributed by atoms with E-state index in [-0.39, 0.29) is 5.57 Å². The van der Waals surface area contributed by atoms with Crippen LogP contribution in [0.5, 0.6) is 5.75 Å². The Balaban J connectivity index is 3.01. The Hall–Kier alpha value is -1.78. The summed E-state index contributed by atoms with van der Waals surface area (Å²) in [6, 6.07) is 10.9. The number of allylic oxidation sites excluding steroid dienone is 1. The number of benzene rings is 1. The Morgan fingerprint density at radius 1 is 1.31 bits per heavy atom. The van der Waals surface area contributed by atoms with Gasteiger partial charge in [-0.25, -0.2) is 0 Å². The first-order valence-corrected chi connectivity index (χ1v) is 5.73. The lowest BCUT2D eigenvalue weighted by Crippen LogP contribution is -1.99. The second-order valence-corrected chi connectivity index (χ2v) is 3.65. The highest BCUT2D eigenvalue weighted by atomic mass is 79.9. The van der Waals surface area contributed by atoms with Crippen molar-refractivity contribution in [2.75, 3.05) is 11.9 Å². The molecular formula is C12H9BrN2O. The van der Waals surface area contributed by atoms with Crippen LogP contribution < -0.4 is 4.74 Å². The van der Waals surface area contributed by atoms with Crippen molar-refractivity contribution in [1.29, 1.82) is 10.5 Å². The van der Waals surface area contributed by atoms with E-state index in [1.165, 1.54) is 6.08 Å². The second-order valence-electron chi connectivity index (χ2n) is 2.86. The monoisotopic (exact) mass is 276 g/mol. The summed E-state index contributed by atoms with van der Waals surface area (Å²) in [5, 5.41) is 18.1. The molecule has 0 fully saturated rings. The summed E-state index contributed by atoms with van der Waals surface area (Å²) in [5.41, 5.74) is 0.802. The molecule has 0 heterocycles. The van der Waals surface area contributed by atoms with Crippen molar-refractivity contribution in [2.24, 2.45) is 0 Å². The normalized spacial score (nSPS) is 8.69. The predicted octanol–water partition coefficient (Wildman–Crippen LogP) is 2.89. The Labute approximate surface area is 103 Å². The molecule has 0 radical (unpaired) electrons. The van der Waals surface area contributed by atoms with E-state index >= 15 is 0 Å². The highest BCUT2D eigenvalue weighted by Crippen LogP contribution is 2.20. The van der Waals surface area contributed by atoms with Gasteiger partial charge in [-0.2, -0.15) is 10.5 Å². The molecule has 1 rings (SSSR count). The first kappa shape index (κ1) is 12.3. The van der Waals surface area contributed by atoms with Crippen LogP contribution in [0.15, 0.2) is 29.8 Å². The van der Waals surface area contributed by atoms with Crippen molar-refractivity contribution < 1.29 is 4.74 Å². The fraction of sp³-hybridized carbons (Fsp3) is 0.167. The van der Waals surface area contributed by atoms with Gasteiger partial charge in [0.25, 0.3) is 0 Å². The number of nitrogens with zero attached hydrogens (tertiary/aromatic N) is 2. The summed E-state index contributed by atoms with van der Waals surface area (Å²) < 4.78 is 5.47. The van der Waals surface area contributed by atoms with Gasteiger partial charge < -0.3 is 4.74 Å². The summed E-state index contributed by atoms with van der Waals surface area (Å²) in [6.07, 6.45) is 1.52. The average Bonchev–Trinajstić information content (AvgIpc) is 2.34. The van der Waals surface area contributed by atoms with Gasteiger partial charge in [0.1, 0.15) is 23.5 Å². The Morgan fingerprint density at radius 2 is 2.00 bits per heavy atom. The summed E-state index contributed by atoms with van der Waals surface area (Å²) in [5.74, 6) is 0.671. The third-order valence-corrected chi connectivity index (χ3v) is 2.12. The minimum absolute atomic E-state index is 0.0647. The van der Waals surface area contributed by atoms with Crippen molar-refractivity contribution >= 4 is 22.0 Å². The predicted molar refractivity (Wildman–Crippen MR) is 64.9 cm³/mol. The number of hydrogen-bond donors (Lipinski definition) is 0. The minimum atomic E-state index is 0.0647. The number of alkyl halides is 1. The van der Waals surface area contributed by atoms with Crippen LogP contribution in [-0.2, 0) is 0 Å². The van der Waals surface area contributed by atoms with E-state index < -0.39 is 0 Å². The van der Waals surface area contributed by atoms with Crippen LogP contribution >= 0.6 is 15.9 Å². The number of halogens is 1. The fourth-order valence-corrected chi connectivity index (χ4v) is 1.29. The molecule has 1 aromatic carbocycles. The number of rotatable bonds is 4. The van der Waals surface area contributed by atoms with Crippen molar-refractivity contribution in [2.45, 2.75) is 0 Å². The molecule has 80 valence electrons. The van der Waals surface area contributed by atoms with Crippen LogP contribution in [0.3, 0.4) is 0 Å². The lowest BCUT2D eigenvalue weighted by Gasteiger charge is -2.06. The molecule has 0 aromatic heterocycles. The third-order valence-electron chi connectivity index (χ3n) is 1.79. The van der Waals surface area contributed by atoms with E-state index in [9.17, 15) is 0 Å². The molecule has 0 atom stereocenters. The van der Waals surface area contributed by atoms with E-state index in [1.807, 2.05) is 24.3 Å². The molecule has 0 aliphatic carbocycles. The summed E-state index contributed by atoms with van der Waals surface area (Å²) in [6.45, 7) is 0.541. The van der Waals surface area contributed by atoms with E-state index in [0.717, 1.165) is 10.9 Å². The Kier molecular flexibility index (Phi) is 5.11. The highest BCUT2D eigenvalue weighted by molar-refractivity contribution is 9.09. The maximum Gasteiger partial charge on any atom is 0.130 e. The zero-order valence-corrected chi connectivity index (χ0v) is 10.1. The fourth-order valence-electron chi connectivity index (χ4n) is 1.12. The van der Waals surface area contributed by atoms with E-state index in [0.29, 0.717) is 12.4 Å². The van der Waals surface area contributed by atoms with Crippen molar-refractivity contribution in [3.63, 3.8) is 0 Å². The maximum atomic E-state index is 8.67. The van der Waals surface area contributed by atoms with Gasteiger partial charge in [-0.15, -0.1) is 0 Å². The topological polar surface area (TPSA) is 56.8 Å². The molecule has 4 heteroatoms. The standard InChI is InChI=1S/C12H9BrN2O/c13-5-6-16-12-4-2-1-3-11(12)7-10(8-14)9-15/h1-4,7H,5-6H2. The van der Waals surface area contributed by atoms with Crippen molar-refractivity contribution in [3.8, 4) is 17.9 Å². The van der Waals surface area contributed by atoms with Crippen LogP contribution in [0.2, 0.25) is 0 Å². The molecule has 0 N–H and O–H groups in total. The minimum Gasteiger partial charge on any atom is -0.492 e. The van der Waals surface area contributed by atoms with Gasteiger partial charge in [0.05, 0.1) is 6.61 Å². The third kappa shape index (κ3) is 3.42. The molecule has 1 aromatic rings. The molecule has 16 heavy (non-hydrogen) atoms. The molecule has 0 unspecified atom stereocenters. The smallest absolute Gasteiger partial charge is 0.130 e. The molecule has 3 nitrogen and oxygen atoms in total. The first-order chi connectivity index (χ1) is 7.81. The quantitative estimate of drug-likeness (QED) is 0.628. The molecule has 0 aliphatic rings. The van der Waals surface area contributed by atoms with Gasteiger partial charge in [0.15, 0.2) is 0 Å². The van der Waals surface area contributed by atoms with Crippen LogP contribution in [0.1, 0.15) is 5.56 Å². The summed E-state index contributed by atoms with van der Waals surface area (Å²) in [7, 11) is 0. The van der Waals surface area contributed by atoms with Crippen molar-refractivity contribution in [1.82, 2.24) is 0 Å². The maximum absolute atomic E-state index is 8.67. The summed E-state index contributed by atoms with van der Waals surface area (Å²) in [4.78, 5) is 0. The van der Waals surface area contributed by atoms with Gasteiger partial charge in [-0.3, -0.25) is 0 Å². The zero-order valence-electron chi connectivity index (χ0n) is 8.48. The van der Waals surface area contributed by atoms with Gasteiger partial charge >= 0.3 is 0 Å². The van der Waals surface area contributed by atoms with Crippen LogP contribution in [0.4, 0.5) is 0 Å².